The molecule has 37 heavy (non-hydrogen) atoms. The molecule has 1 aliphatic heterocycles. The van der Waals surface area contributed by atoms with Gasteiger partial charge in [-0.3, -0.25) is 4.79 Å². The lowest BCUT2D eigenvalue weighted by Crippen LogP contribution is -2.51. The van der Waals surface area contributed by atoms with Crippen molar-refractivity contribution in [2.45, 2.75) is 57.0 Å². The molecule has 8 nitrogen and oxygen atoms in total. The monoisotopic (exact) mass is 514 g/mol. The van der Waals surface area contributed by atoms with E-state index in [1.165, 1.54) is 19.6 Å². The van der Waals surface area contributed by atoms with Gasteiger partial charge in [-0.25, -0.2) is 9.18 Å². The van der Waals surface area contributed by atoms with E-state index in [4.69, 9.17) is 18.9 Å². The molecule has 0 spiro atoms. The van der Waals surface area contributed by atoms with Gasteiger partial charge in [-0.1, -0.05) is 25.1 Å². The van der Waals surface area contributed by atoms with Crippen LogP contribution in [0.2, 0.25) is 0 Å². The average molecular weight is 515 g/mol. The molecule has 2 unspecified atom stereocenters. The molecule has 4 rings (SSSR count). The second-order valence-electron chi connectivity index (χ2n) is 9.74. The Bertz CT molecular complexity index is 1100. The Morgan fingerprint density at radius 1 is 1.08 bits per heavy atom. The van der Waals surface area contributed by atoms with Crippen LogP contribution in [0.3, 0.4) is 0 Å². The second kappa shape index (κ2) is 11.9. The molecule has 2 aromatic rings. The van der Waals surface area contributed by atoms with Crippen molar-refractivity contribution in [3.8, 4) is 11.5 Å². The topological polar surface area (TPSA) is 95.1 Å². The third-order valence-electron chi connectivity index (χ3n) is 7.33. The molecule has 9 heteroatoms. The number of rotatable bonds is 12. The predicted octanol–water partition coefficient (Wildman–Crippen LogP) is 3.02. The fraction of sp³-hybridized carbons (Fsp3) is 0.500. The van der Waals surface area contributed by atoms with Crippen LogP contribution in [0.5, 0.6) is 11.5 Å². The lowest BCUT2D eigenvalue weighted by atomic mass is 9.94. The number of hydrogen-bond donors (Lipinski definition) is 2. The van der Waals surface area contributed by atoms with Gasteiger partial charge >= 0.3 is 5.97 Å². The summed E-state index contributed by atoms with van der Waals surface area (Å²) >= 11 is 0. The van der Waals surface area contributed by atoms with Crippen molar-refractivity contribution in [1.82, 2.24) is 10.6 Å². The summed E-state index contributed by atoms with van der Waals surface area (Å²) in [5.41, 5.74) is 0.937. The number of ether oxygens (including phenoxy) is 4. The molecule has 1 amide bonds. The summed E-state index contributed by atoms with van der Waals surface area (Å²) in [6, 6.07) is 10.8. The average Bonchev–Trinajstić information content (AvgIpc) is 3.52. The molecule has 1 heterocycles. The van der Waals surface area contributed by atoms with Crippen LogP contribution >= 0.6 is 0 Å². The van der Waals surface area contributed by atoms with Gasteiger partial charge in [0, 0.05) is 37.2 Å². The number of halogens is 1. The number of methoxy groups -OCH3 is 3. The zero-order valence-corrected chi connectivity index (χ0v) is 21.7. The molecule has 2 aliphatic rings. The third-order valence-corrected chi connectivity index (χ3v) is 7.33. The van der Waals surface area contributed by atoms with Crippen LogP contribution in [0.4, 0.5) is 4.39 Å². The lowest BCUT2D eigenvalue weighted by Gasteiger charge is -2.30. The summed E-state index contributed by atoms with van der Waals surface area (Å²) in [6.07, 6.45) is 1.74. The van der Waals surface area contributed by atoms with Gasteiger partial charge < -0.3 is 29.6 Å². The molecule has 0 radical (unpaired) electrons. The number of fused-ring (bicyclic) bond motifs is 1. The first-order valence-corrected chi connectivity index (χ1v) is 12.5. The Morgan fingerprint density at radius 3 is 2.51 bits per heavy atom. The smallest absolute Gasteiger partial charge is 0.329 e. The summed E-state index contributed by atoms with van der Waals surface area (Å²) < 4.78 is 36.3. The summed E-state index contributed by atoms with van der Waals surface area (Å²) in [6.45, 7) is 1.70. The molecule has 0 bridgehead atoms. The molecule has 1 saturated carbocycles. The minimum absolute atomic E-state index is 0.0484. The molecule has 2 N–H and O–H groups in total. The van der Waals surface area contributed by atoms with Crippen molar-refractivity contribution in [3.05, 3.63) is 59.4 Å². The van der Waals surface area contributed by atoms with Gasteiger partial charge in [0.15, 0.2) is 0 Å². The fourth-order valence-electron chi connectivity index (χ4n) is 5.08. The standard InChI is InChI=1S/C28H35FN2O6/c1-16(26(36-4)23-13-19-12-22(19)30-23)27(32)31-24(11-17-7-5-6-8-21(17)29)28(33)37-15-18-9-10-20(34-2)14-25(18)35-3/h5-10,14,16,19,22-24,26,30H,11-13,15H2,1-4H3,(H,31,32)/t16?,19-,22-,23-,24-,26?/m0/s1. The first-order valence-electron chi connectivity index (χ1n) is 12.5. The summed E-state index contributed by atoms with van der Waals surface area (Å²) in [4.78, 5) is 26.5. The van der Waals surface area contributed by atoms with Crippen molar-refractivity contribution in [3.63, 3.8) is 0 Å². The van der Waals surface area contributed by atoms with Crippen LogP contribution in [-0.4, -0.2) is 57.4 Å². The van der Waals surface area contributed by atoms with Gasteiger partial charge in [0.1, 0.15) is 30.0 Å². The zero-order valence-electron chi connectivity index (χ0n) is 21.7. The van der Waals surface area contributed by atoms with Crippen LogP contribution in [0.15, 0.2) is 42.5 Å². The minimum Gasteiger partial charge on any atom is -0.497 e. The molecule has 0 aromatic heterocycles. The van der Waals surface area contributed by atoms with E-state index in [0.717, 1.165) is 6.42 Å². The molecular formula is C28H35FN2O6. The highest BCUT2D eigenvalue weighted by atomic mass is 19.1. The Kier molecular flexibility index (Phi) is 8.66. The Balaban J connectivity index is 1.46. The van der Waals surface area contributed by atoms with Gasteiger partial charge in [0.25, 0.3) is 0 Å². The number of hydrogen-bond acceptors (Lipinski definition) is 7. The van der Waals surface area contributed by atoms with Gasteiger partial charge in [-0.2, -0.15) is 0 Å². The van der Waals surface area contributed by atoms with Gasteiger partial charge in [-0.15, -0.1) is 0 Å². The van der Waals surface area contributed by atoms with E-state index in [-0.39, 0.29) is 31.1 Å². The summed E-state index contributed by atoms with van der Waals surface area (Å²) in [5.74, 6) is -0.254. The minimum atomic E-state index is -1.08. The number of carbonyl (C=O) groups is 2. The molecule has 1 aliphatic carbocycles. The van der Waals surface area contributed by atoms with Crippen molar-refractivity contribution in [2.24, 2.45) is 11.8 Å². The number of piperidine rings is 1. The van der Waals surface area contributed by atoms with Crippen molar-refractivity contribution in [2.75, 3.05) is 21.3 Å². The van der Waals surface area contributed by atoms with Crippen molar-refractivity contribution < 1.29 is 32.9 Å². The van der Waals surface area contributed by atoms with E-state index in [1.54, 1.807) is 57.5 Å². The van der Waals surface area contributed by atoms with Crippen LogP contribution < -0.4 is 20.1 Å². The van der Waals surface area contributed by atoms with Crippen LogP contribution in [0.25, 0.3) is 0 Å². The maximum atomic E-state index is 14.4. The number of carbonyl (C=O) groups excluding carboxylic acids is 2. The highest BCUT2D eigenvalue weighted by Gasteiger charge is 2.49. The largest absolute Gasteiger partial charge is 0.497 e. The quantitative estimate of drug-likeness (QED) is 0.421. The van der Waals surface area contributed by atoms with Crippen molar-refractivity contribution >= 4 is 11.9 Å². The highest BCUT2D eigenvalue weighted by molar-refractivity contribution is 5.86. The van der Waals surface area contributed by atoms with E-state index in [9.17, 15) is 14.0 Å². The zero-order chi connectivity index (χ0) is 26.5. The van der Waals surface area contributed by atoms with E-state index < -0.39 is 23.7 Å². The predicted molar refractivity (Wildman–Crippen MR) is 135 cm³/mol. The van der Waals surface area contributed by atoms with E-state index in [0.29, 0.717) is 34.6 Å². The highest BCUT2D eigenvalue weighted by Crippen LogP contribution is 2.42. The van der Waals surface area contributed by atoms with E-state index in [1.807, 2.05) is 0 Å². The molecule has 200 valence electrons. The summed E-state index contributed by atoms with van der Waals surface area (Å²) in [7, 11) is 4.65. The SMILES string of the molecule is COc1ccc(COC(=O)[C@H](Cc2ccccc2F)NC(=O)C(C)C(OC)[C@@H]2C[C@@H]3C[C@@H]3N2)c(OC)c1. The first kappa shape index (κ1) is 26.9. The molecule has 2 fully saturated rings. The maximum Gasteiger partial charge on any atom is 0.329 e. The van der Waals surface area contributed by atoms with Crippen LogP contribution in [-0.2, 0) is 32.1 Å². The number of benzene rings is 2. The number of amides is 1. The molecular weight excluding hydrogens is 479 g/mol. The van der Waals surface area contributed by atoms with E-state index >= 15 is 0 Å². The first-order chi connectivity index (χ1) is 17.8. The van der Waals surface area contributed by atoms with Crippen LogP contribution in [0, 0.1) is 17.7 Å². The normalized spacial score (nSPS) is 22.4. The summed E-state index contributed by atoms with van der Waals surface area (Å²) in [5, 5.41) is 6.33. The third kappa shape index (κ3) is 6.40. The molecule has 2 aromatic carbocycles. The van der Waals surface area contributed by atoms with Crippen molar-refractivity contribution in [1.29, 1.82) is 0 Å². The fourth-order valence-corrected chi connectivity index (χ4v) is 5.08. The maximum absolute atomic E-state index is 14.4. The van der Waals surface area contributed by atoms with Crippen LogP contribution in [0.1, 0.15) is 30.9 Å². The Morgan fingerprint density at radius 2 is 1.86 bits per heavy atom. The Labute approximate surface area is 216 Å². The number of esters is 1. The van der Waals surface area contributed by atoms with Gasteiger partial charge in [-0.05, 0) is 42.5 Å². The molecule has 1 saturated heterocycles. The number of nitrogens with one attached hydrogen (secondary N) is 2. The van der Waals surface area contributed by atoms with E-state index in [2.05, 4.69) is 10.6 Å². The second-order valence-corrected chi connectivity index (χ2v) is 9.74. The Hall–Kier alpha value is -3.17. The van der Waals surface area contributed by atoms with Gasteiger partial charge in [0.2, 0.25) is 5.91 Å². The van der Waals surface area contributed by atoms with Gasteiger partial charge in [0.05, 0.1) is 26.2 Å². The lowest BCUT2D eigenvalue weighted by molar-refractivity contribution is -0.150. The molecule has 6 atom stereocenters.